The number of fused-ring (bicyclic) bond motifs is 1. The molecule has 0 aliphatic heterocycles. The number of pyridine rings is 2. The van der Waals surface area contributed by atoms with E-state index in [0.717, 1.165) is 11.3 Å². The Morgan fingerprint density at radius 1 is 0.906 bits per heavy atom. The van der Waals surface area contributed by atoms with Crippen LogP contribution in [0.2, 0.25) is 0 Å². The minimum atomic E-state index is -0.544. The largest absolute Gasteiger partial charge is 0.457 e. The molecule has 0 aliphatic carbocycles. The number of hydrogen-bond acceptors (Lipinski definition) is 7. The van der Waals surface area contributed by atoms with Crippen LogP contribution in [-0.2, 0) is 0 Å². The molecule has 5 aromatic rings. The van der Waals surface area contributed by atoms with Crippen molar-refractivity contribution < 1.29 is 9.66 Å². The van der Waals surface area contributed by atoms with Gasteiger partial charge in [-0.05, 0) is 58.4 Å². The summed E-state index contributed by atoms with van der Waals surface area (Å²) in [6.45, 7) is 0. The lowest BCUT2D eigenvalue weighted by atomic mass is 10.1. The number of nitro groups is 1. The van der Waals surface area contributed by atoms with E-state index in [4.69, 9.17) is 15.6 Å². The summed E-state index contributed by atoms with van der Waals surface area (Å²) in [5, 5.41) is 16.3. The van der Waals surface area contributed by atoms with Gasteiger partial charge in [0.2, 0.25) is 0 Å². The van der Waals surface area contributed by atoms with Gasteiger partial charge in [0.1, 0.15) is 28.7 Å². The van der Waals surface area contributed by atoms with Crippen molar-refractivity contribution in [2.45, 2.75) is 0 Å². The molecule has 0 bridgehead atoms. The number of aromatic nitrogens is 4. The minimum Gasteiger partial charge on any atom is -0.457 e. The van der Waals surface area contributed by atoms with Crippen molar-refractivity contribution in [3.05, 3.63) is 95.3 Å². The van der Waals surface area contributed by atoms with E-state index in [9.17, 15) is 10.1 Å². The predicted molar refractivity (Wildman–Crippen MR) is 120 cm³/mol. The summed E-state index contributed by atoms with van der Waals surface area (Å²) < 4.78 is 7.51. The van der Waals surface area contributed by atoms with Gasteiger partial charge in [-0.15, -0.1) is 0 Å². The lowest BCUT2D eigenvalue weighted by molar-refractivity contribution is -0.389. The highest BCUT2D eigenvalue weighted by atomic mass is 16.6. The Morgan fingerprint density at radius 2 is 1.66 bits per heavy atom. The molecule has 156 valence electrons. The summed E-state index contributed by atoms with van der Waals surface area (Å²) in [5.41, 5.74) is 8.93. The summed E-state index contributed by atoms with van der Waals surface area (Å²) in [6.07, 6.45) is 3.00. The van der Waals surface area contributed by atoms with Gasteiger partial charge in [0.05, 0.1) is 10.9 Å². The number of nitrogens with zero attached hydrogens (tertiary/aromatic N) is 5. The summed E-state index contributed by atoms with van der Waals surface area (Å²) >= 11 is 0. The lowest BCUT2D eigenvalue weighted by Gasteiger charge is -2.06. The Balaban J connectivity index is 1.56. The molecule has 2 N–H and O–H groups in total. The molecular weight excluding hydrogens is 408 g/mol. The monoisotopic (exact) mass is 424 g/mol. The number of benzene rings is 2. The van der Waals surface area contributed by atoms with E-state index in [-0.39, 0.29) is 5.82 Å². The fourth-order valence-electron chi connectivity index (χ4n) is 3.41. The first-order valence-corrected chi connectivity index (χ1v) is 9.67. The third-order valence-electron chi connectivity index (χ3n) is 4.89. The van der Waals surface area contributed by atoms with Crippen molar-refractivity contribution >= 4 is 22.5 Å². The lowest BCUT2D eigenvalue weighted by Crippen LogP contribution is -1.99. The second-order valence-corrected chi connectivity index (χ2v) is 6.92. The third-order valence-corrected chi connectivity index (χ3v) is 4.89. The third kappa shape index (κ3) is 3.47. The molecule has 0 saturated carbocycles. The molecule has 0 aliphatic rings. The van der Waals surface area contributed by atoms with Gasteiger partial charge in [-0.1, -0.05) is 18.2 Å². The van der Waals surface area contributed by atoms with Crippen LogP contribution in [0.25, 0.3) is 27.8 Å². The maximum Gasteiger partial charge on any atom is 0.363 e. The normalized spacial score (nSPS) is 10.9. The molecule has 3 heterocycles. The Hall–Kier alpha value is -4.79. The molecule has 2 aromatic carbocycles. The molecule has 0 unspecified atom stereocenters. The summed E-state index contributed by atoms with van der Waals surface area (Å²) in [5.74, 6) is 1.53. The highest BCUT2D eigenvalue weighted by Gasteiger charge is 2.18. The van der Waals surface area contributed by atoms with Crippen LogP contribution < -0.4 is 10.5 Å². The van der Waals surface area contributed by atoms with Crippen molar-refractivity contribution in [3.8, 4) is 28.4 Å². The van der Waals surface area contributed by atoms with Gasteiger partial charge < -0.3 is 20.6 Å². The van der Waals surface area contributed by atoms with Gasteiger partial charge >= 0.3 is 5.82 Å². The second kappa shape index (κ2) is 7.80. The quantitative estimate of drug-likeness (QED) is 0.319. The van der Waals surface area contributed by atoms with Crippen LogP contribution in [0.4, 0.5) is 11.6 Å². The molecular formula is C23H16N6O3. The zero-order chi connectivity index (χ0) is 22.1. The van der Waals surface area contributed by atoms with Crippen molar-refractivity contribution in [2.75, 3.05) is 5.73 Å². The standard InChI is InChI=1S/C23H16N6O3/c24-23-21-19(12-13-25-23)28(16-8-11-20(26-14-16)29(30)31)27-22(21)15-6-9-18(10-7-15)32-17-4-2-1-3-5-17/h1-14H,(H2,24,25). The van der Waals surface area contributed by atoms with Crippen LogP contribution in [-0.4, -0.2) is 24.7 Å². The van der Waals surface area contributed by atoms with Crippen molar-refractivity contribution in [1.29, 1.82) is 0 Å². The zero-order valence-corrected chi connectivity index (χ0v) is 16.6. The highest BCUT2D eigenvalue weighted by Crippen LogP contribution is 2.34. The van der Waals surface area contributed by atoms with Gasteiger partial charge in [-0.25, -0.2) is 9.67 Å². The Kier molecular flexibility index (Phi) is 4.68. The fourth-order valence-corrected chi connectivity index (χ4v) is 3.41. The number of ether oxygens (including phenoxy) is 1. The molecule has 9 nitrogen and oxygen atoms in total. The number of anilines is 1. The number of rotatable bonds is 5. The predicted octanol–water partition coefficient (Wildman–Crippen LogP) is 4.77. The summed E-state index contributed by atoms with van der Waals surface area (Å²) in [4.78, 5) is 18.5. The molecule has 0 saturated heterocycles. The first-order valence-electron chi connectivity index (χ1n) is 9.67. The maximum absolute atomic E-state index is 10.9. The molecule has 0 fully saturated rings. The van der Waals surface area contributed by atoms with E-state index in [2.05, 4.69) is 9.97 Å². The molecule has 32 heavy (non-hydrogen) atoms. The number of nitrogens with two attached hydrogens (primary N) is 1. The van der Waals surface area contributed by atoms with Gasteiger partial charge in [-0.2, -0.15) is 5.10 Å². The van der Waals surface area contributed by atoms with E-state index >= 15 is 0 Å². The zero-order valence-electron chi connectivity index (χ0n) is 16.6. The maximum atomic E-state index is 10.9. The Morgan fingerprint density at radius 3 is 2.34 bits per heavy atom. The van der Waals surface area contributed by atoms with Gasteiger partial charge in [0.25, 0.3) is 0 Å². The molecule has 9 heteroatoms. The molecule has 5 rings (SSSR count). The van der Waals surface area contributed by atoms with Crippen LogP contribution in [0.1, 0.15) is 0 Å². The van der Waals surface area contributed by atoms with Crippen LogP contribution in [0.15, 0.2) is 85.2 Å². The van der Waals surface area contributed by atoms with Gasteiger partial charge in [0.15, 0.2) is 6.20 Å². The average molecular weight is 424 g/mol. The van der Waals surface area contributed by atoms with Crippen LogP contribution in [0.3, 0.4) is 0 Å². The summed E-state index contributed by atoms with van der Waals surface area (Å²) in [7, 11) is 0. The molecule has 3 aromatic heterocycles. The van der Waals surface area contributed by atoms with E-state index in [0.29, 0.717) is 33.9 Å². The molecule has 0 amide bonds. The fraction of sp³-hybridized carbons (Fsp3) is 0. The van der Waals surface area contributed by atoms with Crippen molar-refractivity contribution in [3.63, 3.8) is 0 Å². The molecule has 0 spiro atoms. The van der Waals surface area contributed by atoms with Crippen LogP contribution in [0.5, 0.6) is 11.5 Å². The topological polar surface area (TPSA) is 122 Å². The van der Waals surface area contributed by atoms with Gasteiger partial charge in [-0.3, -0.25) is 0 Å². The SMILES string of the molecule is Nc1nccc2c1c(-c1ccc(Oc3ccccc3)cc1)nn2-c1ccc([N+](=O)[O-])nc1. The Labute approximate surface area is 181 Å². The average Bonchev–Trinajstić information content (AvgIpc) is 3.21. The van der Waals surface area contributed by atoms with Crippen LogP contribution in [0, 0.1) is 10.1 Å². The number of nitrogen functional groups attached to an aromatic ring is 1. The number of para-hydroxylation sites is 1. The summed E-state index contributed by atoms with van der Waals surface area (Å²) in [6, 6.07) is 21.7. The first-order chi connectivity index (χ1) is 15.6. The van der Waals surface area contributed by atoms with Crippen molar-refractivity contribution in [2.24, 2.45) is 0 Å². The first kappa shape index (κ1) is 19.2. The van der Waals surface area contributed by atoms with Crippen LogP contribution >= 0.6 is 0 Å². The number of hydrogen-bond donors (Lipinski definition) is 1. The Bertz CT molecular complexity index is 1410. The molecule has 0 atom stereocenters. The van der Waals surface area contributed by atoms with E-state index in [1.54, 1.807) is 23.0 Å². The van der Waals surface area contributed by atoms with Crippen molar-refractivity contribution in [1.82, 2.24) is 19.7 Å². The van der Waals surface area contributed by atoms with E-state index in [1.165, 1.54) is 12.3 Å². The molecule has 0 radical (unpaired) electrons. The minimum absolute atomic E-state index is 0.236. The highest BCUT2D eigenvalue weighted by molar-refractivity contribution is 6.00. The van der Waals surface area contributed by atoms with E-state index in [1.807, 2.05) is 54.6 Å². The second-order valence-electron chi connectivity index (χ2n) is 6.92. The van der Waals surface area contributed by atoms with Gasteiger partial charge in [0, 0.05) is 17.8 Å². The van der Waals surface area contributed by atoms with E-state index < -0.39 is 4.92 Å². The smallest absolute Gasteiger partial charge is 0.363 e.